The van der Waals surface area contributed by atoms with Crippen molar-refractivity contribution < 1.29 is 4.79 Å². The molecule has 0 atom stereocenters. The number of hydrogen-bond donors (Lipinski definition) is 1. The lowest BCUT2D eigenvalue weighted by molar-refractivity contribution is 0.0941. The van der Waals surface area contributed by atoms with E-state index in [0.29, 0.717) is 11.1 Å². The van der Waals surface area contributed by atoms with Crippen molar-refractivity contribution >= 4 is 21.8 Å². The quantitative estimate of drug-likeness (QED) is 0.861. The van der Waals surface area contributed by atoms with Crippen molar-refractivity contribution in [2.24, 2.45) is 5.41 Å². The van der Waals surface area contributed by atoms with Crippen LogP contribution in [0.3, 0.4) is 0 Å². The average molecular weight is 283 g/mol. The number of aromatic nitrogens is 1. The number of nitrogens with zero attached hydrogens (tertiary/aromatic N) is 1. The summed E-state index contributed by atoms with van der Waals surface area (Å²) in [5, 5.41) is 3.91. The molecule has 16 heavy (non-hydrogen) atoms. The van der Waals surface area contributed by atoms with Crippen LogP contribution in [-0.2, 0) is 0 Å². The lowest BCUT2D eigenvalue weighted by Gasteiger charge is -2.12. The van der Waals surface area contributed by atoms with Crippen LogP contribution in [0.2, 0.25) is 0 Å². The van der Waals surface area contributed by atoms with Gasteiger partial charge in [-0.2, -0.15) is 0 Å². The molecule has 3 nitrogen and oxygen atoms in total. The number of rotatable bonds is 4. The normalized spacial score (nSPS) is 16.9. The first-order valence-electron chi connectivity index (χ1n) is 5.43. The van der Waals surface area contributed by atoms with E-state index in [1.165, 1.54) is 12.8 Å². The maximum Gasteiger partial charge on any atom is 0.269 e. The summed E-state index contributed by atoms with van der Waals surface area (Å²) in [6.45, 7) is 2.63. The zero-order chi connectivity index (χ0) is 11.6. The molecule has 0 radical (unpaired) electrons. The Morgan fingerprint density at radius 2 is 2.31 bits per heavy atom. The highest BCUT2D eigenvalue weighted by Crippen LogP contribution is 2.46. The van der Waals surface area contributed by atoms with Crippen molar-refractivity contribution in [3.8, 4) is 0 Å². The molecule has 86 valence electrons. The third-order valence-electron chi connectivity index (χ3n) is 2.99. The molecule has 0 unspecified atom stereocenters. The molecule has 1 aliphatic rings. The highest BCUT2D eigenvalue weighted by molar-refractivity contribution is 9.09. The Hall–Kier alpha value is -0.900. The van der Waals surface area contributed by atoms with Crippen molar-refractivity contribution in [2.75, 3.05) is 11.9 Å². The van der Waals surface area contributed by atoms with Crippen LogP contribution >= 0.6 is 15.9 Å². The molecule has 1 N–H and O–H groups in total. The molecule has 0 aromatic carbocycles. The summed E-state index contributed by atoms with van der Waals surface area (Å²) < 4.78 is 0. The molecule has 1 aliphatic carbocycles. The molecular formula is C12H15BrN2O. The molecule has 0 bridgehead atoms. The molecule has 1 aromatic heterocycles. The van der Waals surface area contributed by atoms with Gasteiger partial charge in [0.15, 0.2) is 0 Å². The fraction of sp³-hybridized carbons (Fsp3) is 0.500. The maximum absolute atomic E-state index is 11.8. The molecular weight excluding hydrogens is 268 g/mol. The van der Waals surface area contributed by atoms with Crippen LogP contribution in [0.1, 0.15) is 29.0 Å². The highest BCUT2D eigenvalue weighted by atomic mass is 79.9. The average Bonchev–Trinajstić information content (AvgIpc) is 3.07. The Bertz CT molecular complexity index is 402. The van der Waals surface area contributed by atoms with Crippen LogP contribution in [0.4, 0.5) is 0 Å². The minimum Gasteiger partial charge on any atom is -0.350 e. The minimum absolute atomic E-state index is 0.0732. The van der Waals surface area contributed by atoms with Crippen LogP contribution in [0, 0.1) is 12.3 Å². The number of carbonyl (C=O) groups is 1. The number of hydrogen-bond acceptors (Lipinski definition) is 2. The summed E-state index contributed by atoms with van der Waals surface area (Å²) in [5.74, 6) is -0.0732. The lowest BCUT2D eigenvalue weighted by atomic mass is 10.1. The summed E-state index contributed by atoms with van der Waals surface area (Å²) in [5.41, 5.74) is 1.68. The van der Waals surface area contributed by atoms with Gasteiger partial charge in [0.1, 0.15) is 5.69 Å². The van der Waals surface area contributed by atoms with E-state index in [1.807, 2.05) is 19.1 Å². The molecule has 1 fully saturated rings. The number of alkyl halides is 1. The van der Waals surface area contributed by atoms with E-state index in [1.54, 1.807) is 6.07 Å². The first-order chi connectivity index (χ1) is 7.65. The van der Waals surface area contributed by atoms with Crippen LogP contribution in [-0.4, -0.2) is 22.8 Å². The molecule has 0 spiro atoms. The summed E-state index contributed by atoms with van der Waals surface area (Å²) >= 11 is 3.48. The zero-order valence-electron chi connectivity index (χ0n) is 9.29. The zero-order valence-corrected chi connectivity index (χ0v) is 10.9. The molecule has 4 heteroatoms. The minimum atomic E-state index is -0.0732. The van der Waals surface area contributed by atoms with Gasteiger partial charge < -0.3 is 5.32 Å². The van der Waals surface area contributed by atoms with Gasteiger partial charge in [-0.1, -0.05) is 22.0 Å². The fourth-order valence-electron chi connectivity index (χ4n) is 1.56. The molecule has 1 amide bonds. The van der Waals surface area contributed by atoms with Crippen molar-refractivity contribution in [3.63, 3.8) is 0 Å². The second kappa shape index (κ2) is 4.53. The number of halogens is 1. The van der Waals surface area contributed by atoms with Crippen molar-refractivity contribution in [2.45, 2.75) is 19.8 Å². The Balaban J connectivity index is 1.93. The first-order valence-corrected chi connectivity index (χ1v) is 6.55. The Kier molecular flexibility index (Phi) is 3.28. The van der Waals surface area contributed by atoms with E-state index in [9.17, 15) is 4.79 Å². The monoisotopic (exact) mass is 282 g/mol. The summed E-state index contributed by atoms with van der Waals surface area (Å²) in [4.78, 5) is 16.0. The second-order valence-electron chi connectivity index (χ2n) is 4.48. The Labute approximate surface area is 104 Å². The first kappa shape index (κ1) is 11.6. The highest BCUT2D eigenvalue weighted by Gasteiger charge is 2.41. The smallest absolute Gasteiger partial charge is 0.269 e. The fourth-order valence-corrected chi connectivity index (χ4v) is 2.32. The Morgan fingerprint density at radius 1 is 1.56 bits per heavy atom. The summed E-state index contributed by atoms with van der Waals surface area (Å²) in [6.07, 6.45) is 2.39. The topological polar surface area (TPSA) is 42.0 Å². The molecule has 1 aromatic rings. The predicted molar refractivity (Wildman–Crippen MR) is 66.8 cm³/mol. The van der Waals surface area contributed by atoms with Gasteiger partial charge in [0.25, 0.3) is 5.91 Å². The van der Waals surface area contributed by atoms with Gasteiger partial charge in [0, 0.05) is 17.6 Å². The Morgan fingerprint density at radius 3 is 2.88 bits per heavy atom. The van der Waals surface area contributed by atoms with E-state index in [4.69, 9.17) is 0 Å². The molecule has 1 saturated carbocycles. The molecule has 0 aliphatic heterocycles. The van der Waals surface area contributed by atoms with Crippen LogP contribution < -0.4 is 5.32 Å². The summed E-state index contributed by atoms with van der Waals surface area (Å²) in [6, 6.07) is 5.49. The van der Waals surface area contributed by atoms with Crippen LogP contribution in [0.15, 0.2) is 18.2 Å². The second-order valence-corrected chi connectivity index (χ2v) is 5.04. The number of amides is 1. The van der Waals surface area contributed by atoms with Crippen molar-refractivity contribution in [3.05, 3.63) is 29.6 Å². The standard InChI is InChI=1S/C12H15BrN2O/c1-9-3-2-4-10(15-9)11(16)14-8-12(7-13)5-6-12/h2-4H,5-8H2,1H3,(H,14,16). The lowest BCUT2D eigenvalue weighted by Crippen LogP contribution is -2.31. The van der Waals surface area contributed by atoms with E-state index >= 15 is 0 Å². The van der Waals surface area contributed by atoms with Crippen LogP contribution in [0.25, 0.3) is 0 Å². The van der Waals surface area contributed by atoms with Gasteiger partial charge >= 0.3 is 0 Å². The van der Waals surface area contributed by atoms with Gasteiger partial charge in [-0.15, -0.1) is 0 Å². The van der Waals surface area contributed by atoms with E-state index in [-0.39, 0.29) is 5.91 Å². The third kappa shape index (κ3) is 2.61. The summed E-state index contributed by atoms with van der Waals surface area (Å²) in [7, 11) is 0. The van der Waals surface area contributed by atoms with Crippen molar-refractivity contribution in [1.29, 1.82) is 0 Å². The number of carbonyl (C=O) groups excluding carboxylic acids is 1. The van der Waals surface area contributed by atoms with Gasteiger partial charge in [-0.25, -0.2) is 4.98 Å². The predicted octanol–water partition coefficient (Wildman–Crippen LogP) is 2.29. The van der Waals surface area contributed by atoms with Crippen LogP contribution in [0.5, 0.6) is 0 Å². The molecule has 1 heterocycles. The van der Waals surface area contributed by atoms with E-state index in [0.717, 1.165) is 17.6 Å². The number of aryl methyl sites for hydroxylation is 1. The van der Waals surface area contributed by atoms with E-state index in [2.05, 4.69) is 26.2 Å². The van der Waals surface area contributed by atoms with Gasteiger partial charge in [-0.3, -0.25) is 4.79 Å². The number of nitrogens with one attached hydrogen (secondary N) is 1. The maximum atomic E-state index is 11.8. The molecule has 2 rings (SSSR count). The van der Waals surface area contributed by atoms with Gasteiger partial charge in [0.2, 0.25) is 0 Å². The van der Waals surface area contributed by atoms with Gasteiger partial charge in [0.05, 0.1) is 0 Å². The SMILES string of the molecule is Cc1cccc(C(=O)NCC2(CBr)CC2)n1. The van der Waals surface area contributed by atoms with E-state index < -0.39 is 0 Å². The van der Waals surface area contributed by atoms with Gasteiger partial charge in [-0.05, 0) is 37.3 Å². The molecule has 0 saturated heterocycles. The third-order valence-corrected chi connectivity index (χ3v) is 4.17. The number of pyridine rings is 1. The largest absolute Gasteiger partial charge is 0.350 e. The van der Waals surface area contributed by atoms with Crippen molar-refractivity contribution in [1.82, 2.24) is 10.3 Å².